The molecule has 1 N–H and O–H groups in total. The van der Waals surface area contributed by atoms with Gasteiger partial charge in [0.1, 0.15) is 0 Å². The van der Waals surface area contributed by atoms with Crippen molar-refractivity contribution in [2.75, 3.05) is 13.2 Å². The highest BCUT2D eigenvalue weighted by atomic mass is 16.6. The summed E-state index contributed by atoms with van der Waals surface area (Å²) in [4.78, 5) is 23.7. The molecular weight excluding hydrogens is 274 g/mol. The van der Waals surface area contributed by atoms with E-state index in [9.17, 15) is 9.59 Å². The molecule has 0 bridgehead atoms. The van der Waals surface area contributed by atoms with E-state index in [2.05, 4.69) is 5.32 Å². The zero-order valence-electron chi connectivity index (χ0n) is 13.6. The Kier molecular flexibility index (Phi) is 6.61. The molecular formula is C15H27NO5. The Bertz CT molecular complexity index is 358. The van der Waals surface area contributed by atoms with Gasteiger partial charge in [-0.15, -0.1) is 0 Å². The summed E-state index contributed by atoms with van der Waals surface area (Å²) >= 11 is 0. The maximum Gasteiger partial charge on any atom is 0.335 e. The molecule has 0 saturated carbocycles. The summed E-state index contributed by atoms with van der Waals surface area (Å²) < 4.78 is 16.0. The lowest BCUT2D eigenvalue weighted by atomic mass is 10.1. The van der Waals surface area contributed by atoms with Gasteiger partial charge >= 0.3 is 5.97 Å². The van der Waals surface area contributed by atoms with E-state index in [1.165, 1.54) is 0 Å². The average Bonchev–Trinajstić information content (AvgIpc) is 2.86. The van der Waals surface area contributed by atoms with Crippen molar-refractivity contribution in [2.24, 2.45) is 0 Å². The second kappa shape index (κ2) is 7.75. The van der Waals surface area contributed by atoms with Crippen LogP contribution in [0, 0.1) is 0 Å². The zero-order valence-corrected chi connectivity index (χ0v) is 13.6. The monoisotopic (exact) mass is 301 g/mol. The van der Waals surface area contributed by atoms with Crippen molar-refractivity contribution < 1.29 is 23.8 Å². The van der Waals surface area contributed by atoms with E-state index in [4.69, 9.17) is 14.2 Å². The quantitative estimate of drug-likeness (QED) is 0.751. The molecule has 0 aromatic heterocycles. The summed E-state index contributed by atoms with van der Waals surface area (Å²) in [5, 5.41) is 2.76. The lowest BCUT2D eigenvalue weighted by Gasteiger charge is -2.24. The second-order valence-electron chi connectivity index (χ2n) is 6.43. The number of nitrogens with one attached hydrogen (secondary N) is 1. The summed E-state index contributed by atoms with van der Waals surface area (Å²) in [6.07, 6.45) is 0.481. The van der Waals surface area contributed by atoms with Crippen LogP contribution in [0.5, 0.6) is 0 Å². The average molecular weight is 301 g/mol. The molecule has 0 aromatic rings. The Hall–Kier alpha value is -1.14. The van der Waals surface area contributed by atoms with Crippen LogP contribution >= 0.6 is 0 Å². The van der Waals surface area contributed by atoms with Gasteiger partial charge < -0.3 is 19.5 Å². The molecule has 1 rings (SSSR count). The molecule has 0 spiro atoms. The SMILES string of the molecule is CC(OC(=O)C(C)OCC1CCCO1)C(=O)NC(C)(C)C. The van der Waals surface area contributed by atoms with E-state index in [0.717, 1.165) is 19.4 Å². The number of rotatable bonds is 6. The first kappa shape index (κ1) is 17.9. The fourth-order valence-corrected chi connectivity index (χ4v) is 1.89. The van der Waals surface area contributed by atoms with E-state index >= 15 is 0 Å². The second-order valence-corrected chi connectivity index (χ2v) is 6.43. The summed E-state index contributed by atoms with van der Waals surface area (Å²) in [5.74, 6) is -0.855. The maximum atomic E-state index is 11.9. The van der Waals surface area contributed by atoms with E-state index in [1.807, 2.05) is 20.8 Å². The van der Waals surface area contributed by atoms with Gasteiger partial charge in [0.25, 0.3) is 5.91 Å². The summed E-state index contributed by atoms with van der Waals surface area (Å²) in [6.45, 7) is 9.89. The standard InChI is InChI=1S/C15H27NO5/c1-10(13(17)16-15(3,4)5)21-14(18)11(2)20-9-12-7-6-8-19-12/h10-12H,6-9H2,1-5H3,(H,16,17). The molecule has 1 aliphatic heterocycles. The Labute approximate surface area is 126 Å². The van der Waals surface area contributed by atoms with Gasteiger partial charge in [0.15, 0.2) is 12.2 Å². The highest BCUT2D eigenvalue weighted by molar-refractivity contribution is 5.84. The Morgan fingerprint density at radius 1 is 1.29 bits per heavy atom. The van der Waals surface area contributed by atoms with Crippen LogP contribution in [0.3, 0.4) is 0 Å². The van der Waals surface area contributed by atoms with Gasteiger partial charge in [0.2, 0.25) is 0 Å². The van der Waals surface area contributed by atoms with Crippen LogP contribution in [0.1, 0.15) is 47.5 Å². The zero-order chi connectivity index (χ0) is 16.0. The molecule has 3 atom stereocenters. The van der Waals surface area contributed by atoms with Gasteiger partial charge in [-0.05, 0) is 47.5 Å². The van der Waals surface area contributed by atoms with Gasteiger partial charge in [-0.25, -0.2) is 4.79 Å². The molecule has 1 amide bonds. The fourth-order valence-electron chi connectivity index (χ4n) is 1.89. The molecule has 1 saturated heterocycles. The minimum Gasteiger partial charge on any atom is -0.451 e. The molecule has 1 heterocycles. The molecule has 1 aliphatic rings. The molecule has 21 heavy (non-hydrogen) atoms. The van der Waals surface area contributed by atoms with E-state index in [1.54, 1.807) is 13.8 Å². The molecule has 0 aliphatic carbocycles. The highest BCUT2D eigenvalue weighted by Crippen LogP contribution is 2.13. The smallest absolute Gasteiger partial charge is 0.335 e. The van der Waals surface area contributed by atoms with E-state index in [0.29, 0.717) is 6.61 Å². The van der Waals surface area contributed by atoms with Gasteiger partial charge in [-0.3, -0.25) is 4.79 Å². The first-order chi connectivity index (χ1) is 9.69. The first-order valence-electron chi connectivity index (χ1n) is 7.45. The van der Waals surface area contributed by atoms with Gasteiger partial charge in [0.05, 0.1) is 12.7 Å². The van der Waals surface area contributed by atoms with Gasteiger partial charge in [0, 0.05) is 12.1 Å². The molecule has 6 nitrogen and oxygen atoms in total. The van der Waals surface area contributed by atoms with Crippen molar-refractivity contribution >= 4 is 11.9 Å². The van der Waals surface area contributed by atoms with E-state index < -0.39 is 18.2 Å². The normalized spacial score (nSPS) is 21.7. The third-order valence-electron chi connectivity index (χ3n) is 3.05. The molecule has 3 unspecified atom stereocenters. The van der Waals surface area contributed by atoms with Crippen LogP contribution in [0.2, 0.25) is 0 Å². The predicted molar refractivity (Wildman–Crippen MR) is 77.8 cm³/mol. The van der Waals surface area contributed by atoms with Crippen LogP contribution in [0.4, 0.5) is 0 Å². The Balaban J connectivity index is 2.31. The third kappa shape index (κ3) is 6.91. The first-order valence-corrected chi connectivity index (χ1v) is 7.45. The van der Waals surface area contributed by atoms with Crippen molar-refractivity contribution in [2.45, 2.75) is 71.3 Å². The van der Waals surface area contributed by atoms with E-state index in [-0.39, 0.29) is 17.6 Å². The minimum atomic E-state index is -0.842. The lowest BCUT2D eigenvalue weighted by molar-refractivity contribution is -0.166. The van der Waals surface area contributed by atoms with Gasteiger partial charge in [-0.2, -0.15) is 0 Å². The molecule has 122 valence electrons. The van der Waals surface area contributed by atoms with Crippen LogP contribution in [-0.4, -0.2) is 48.9 Å². The largest absolute Gasteiger partial charge is 0.451 e. The number of carbonyl (C=O) groups is 2. The summed E-state index contributed by atoms with van der Waals surface area (Å²) in [6, 6.07) is 0. The summed E-state index contributed by atoms with van der Waals surface area (Å²) in [5.41, 5.74) is -0.361. The van der Waals surface area contributed by atoms with Crippen molar-refractivity contribution in [3.05, 3.63) is 0 Å². The van der Waals surface area contributed by atoms with Crippen LogP contribution in [-0.2, 0) is 23.8 Å². The maximum absolute atomic E-state index is 11.9. The molecule has 6 heteroatoms. The Morgan fingerprint density at radius 3 is 2.48 bits per heavy atom. The number of ether oxygens (including phenoxy) is 3. The van der Waals surface area contributed by atoms with Crippen molar-refractivity contribution in [1.82, 2.24) is 5.32 Å². The van der Waals surface area contributed by atoms with Crippen LogP contribution in [0.25, 0.3) is 0 Å². The number of carbonyl (C=O) groups excluding carboxylic acids is 2. The number of esters is 1. The lowest BCUT2D eigenvalue weighted by Crippen LogP contribution is -2.47. The number of hydrogen-bond acceptors (Lipinski definition) is 5. The summed E-state index contributed by atoms with van der Waals surface area (Å²) in [7, 11) is 0. The minimum absolute atomic E-state index is 0.0573. The number of amides is 1. The van der Waals surface area contributed by atoms with Crippen LogP contribution in [0.15, 0.2) is 0 Å². The molecule has 1 fully saturated rings. The molecule has 0 radical (unpaired) electrons. The molecule has 0 aromatic carbocycles. The Morgan fingerprint density at radius 2 is 1.95 bits per heavy atom. The van der Waals surface area contributed by atoms with Crippen molar-refractivity contribution in [3.8, 4) is 0 Å². The van der Waals surface area contributed by atoms with Crippen molar-refractivity contribution in [1.29, 1.82) is 0 Å². The third-order valence-corrected chi connectivity index (χ3v) is 3.05. The predicted octanol–water partition coefficient (Wildman–Crippen LogP) is 1.42. The topological polar surface area (TPSA) is 73.9 Å². The number of hydrogen-bond donors (Lipinski definition) is 1. The van der Waals surface area contributed by atoms with Crippen LogP contribution < -0.4 is 5.32 Å². The van der Waals surface area contributed by atoms with Gasteiger partial charge in [-0.1, -0.05) is 0 Å². The fraction of sp³-hybridized carbons (Fsp3) is 0.867. The van der Waals surface area contributed by atoms with Crippen molar-refractivity contribution in [3.63, 3.8) is 0 Å². The highest BCUT2D eigenvalue weighted by Gasteiger charge is 2.26.